The number of amides is 3. The fraction of sp³-hybridized carbons (Fsp3) is 0.526. The number of carbonyl (C=O) groups excluding carboxylic acids is 3. The molecular formula is C19H28N4O3. The van der Waals surface area contributed by atoms with E-state index in [1.807, 2.05) is 30.3 Å². The predicted octanol–water partition coefficient (Wildman–Crippen LogP) is 0.322. The van der Waals surface area contributed by atoms with E-state index in [1.165, 1.54) is 13.8 Å². The molecular weight excluding hydrogens is 332 g/mol. The third kappa shape index (κ3) is 4.40. The van der Waals surface area contributed by atoms with E-state index in [9.17, 15) is 14.4 Å². The van der Waals surface area contributed by atoms with E-state index < -0.39 is 28.8 Å². The molecule has 0 spiro atoms. The summed E-state index contributed by atoms with van der Waals surface area (Å²) in [4.78, 5) is 37.0. The Hall–Kier alpha value is -2.41. The van der Waals surface area contributed by atoms with Gasteiger partial charge in [0.05, 0.1) is 5.41 Å². The molecule has 1 aliphatic carbocycles. The van der Waals surface area contributed by atoms with Gasteiger partial charge >= 0.3 is 0 Å². The van der Waals surface area contributed by atoms with Crippen molar-refractivity contribution in [1.29, 1.82) is 0 Å². The second kappa shape index (κ2) is 7.86. The zero-order valence-corrected chi connectivity index (χ0v) is 15.4. The molecule has 3 amide bonds. The number of benzene rings is 1. The Morgan fingerprint density at radius 2 is 1.81 bits per heavy atom. The molecule has 0 unspecified atom stereocenters. The third-order valence-corrected chi connectivity index (χ3v) is 4.88. The summed E-state index contributed by atoms with van der Waals surface area (Å²) < 4.78 is 0. The van der Waals surface area contributed by atoms with E-state index in [2.05, 4.69) is 10.6 Å². The lowest BCUT2D eigenvalue weighted by atomic mass is 9.94. The summed E-state index contributed by atoms with van der Waals surface area (Å²) in [6.45, 7) is 3.46. The summed E-state index contributed by atoms with van der Waals surface area (Å²) in [5, 5.41) is 5.47. The fourth-order valence-electron chi connectivity index (χ4n) is 2.87. The average molecular weight is 360 g/mol. The van der Waals surface area contributed by atoms with Crippen LogP contribution in [0.5, 0.6) is 0 Å². The summed E-state index contributed by atoms with van der Waals surface area (Å²) in [7, 11) is 0. The summed E-state index contributed by atoms with van der Waals surface area (Å²) >= 11 is 0. The molecule has 0 saturated heterocycles. The molecule has 1 atom stereocenters. The normalized spacial score (nSPS) is 16.4. The van der Waals surface area contributed by atoms with Crippen molar-refractivity contribution < 1.29 is 14.4 Å². The van der Waals surface area contributed by atoms with E-state index in [-0.39, 0.29) is 5.91 Å². The SMILES string of the molecule is CC(C)(NC(=O)[C@@H](CCCN)NC(=O)C1(c2ccccc2)CC1)C(N)=O. The minimum absolute atomic E-state index is 0.169. The molecule has 1 aliphatic rings. The highest BCUT2D eigenvalue weighted by molar-refractivity contribution is 5.97. The monoisotopic (exact) mass is 360 g/mol. The van der Waals surface area contributed by atoms with Crippen molar-refractivity contribution in [3.05, 3.63) is 35.9 Å². The van der Waals surface area contributed by atoms with Crippen LogP contribution in [0.25, 0.3) is 0 Å². The number of primary amides is 1. The van der Waals surface area contributed by atoms with Crippen LogP contribution in [0.15, 0.2) is 30.3 Å². The Labute approximate surface area is 153 Å². The Morgan fingerprint density at radius 3 is 2.31 bits per heavy atom. The van der Waals surface area contributed by atoms with Gasteiger partial charge in [0.15, 0.2) is 0 Å². The van der Waals surface area contributed by atoms with Crippen LogP contribution in [-0.2, 0) is 19.8 Å². The van der Waals surface area contributed by atoms with Crippen LogP contribution in [0.2, 0.25) is 0 Å². The summed E-state index contributed by atoms with van der Waals surface area (Å²) in [6.07, 6.45) is 2.48. The van der Waals surface area contributed by atoms with Gasteiger partial charge in [0.2, 0.25) is 17.7 Å². The molecule has 26 heavy (non-hydrogen) atoms. The van der Waals surface area contributed by atoms with Crippen LogP contribution in [0.1, 0.15) is 45.1 Å². The number of nitrogens with one attached hydrogen (secondary N) is 2. The molecule has 0 aromatic heterocycles. The first kappa shape index (κ1) is 19.9. The van der Waals surface area contributed by atoms with Crippen molar-refractivity contribution in [1.82, 2.24) is 10.6 Å². The first-order valence-corrected chi connectivity index (χ1v) is 8.91. The molecule has 1 aromatic carbocycles. The van der Waals surface area contributed by atoms with Gasteiger partial charge in [0.25, 0.3) is 0 Å². The maximum atomic E-state index is 12.9. The number of carbonyl (C=O) groups is 3. The van der Waals surface area contributed by atoms with Gasteiger partial charge in [0.1, 0.15) is 11.6 Å². The van der Waals surface area contributed by atoms with Crippen LogP contribution in [0, 0.1) is 0 Å². The molecule has 142 valence electrons. The molecule has 1 saturated carbocycles. The van der Waals surface area contributed by atoms with Crippen molar-refractivity contribution in [2.24, 2.45) is 11.5 Å². The number of hydrogen-bond donors (Lipinski definition) is 4. The summed E-state index contributed by atoms with van der Waals surface area (Å²) in [6, 6.07) is 8.80. The average Bonchev–Trinajstić information content (AvgIpc) is 3.40. The lowest BCUT2D eigenvalue weighted by Gasteiger charge is -2.27. The van der Waals surface area contributed by atoms with Crippen molar-refractivity contribution in [3.8, 4) is 0 Å². The molecule has 0 aliphatic heterocycles. The topological polar surface area (TPSA) is 127 Å². The van der Waals surface area contributed by atoms with Crippen molar-refractivity contribution in [2.75, 3.05) is 6.54 Å². The lowest BCUT2D eigenvalue weighted by Crippen LogP contribution is -2.59. The smallest absolute Gasteiger partial charge is 0.243 e. The zero-order chi connectivity index (χ0) is 19.4. The second-order valence-electron chi connectivity index (χ2n) is 7.38. The molecule has 0 heterocycles. The van der Waals surface area contributed by atoms with Crippen molar-refractivity contribution in [3.63, 3.8) is 0 Å². The quantitative estimate of drug-likeness (QED) is 0.506. The number of hydrogen-bond acceptors (Lipinski definition) is 4. The predicted molar refractivity (Wildman–Crippen MR) is 99.0 cm³/mol. The number of rotatable bonds is 9. The van der Waals surface area contributed by atoms with E-state index in [1.54, 1.807) is 0 Å². The van der Waals surface area contributed by atoms with Gasteiger partial charge in [-0.1, -0.05) is 30.3 Å². The Bertz CT molecular complexity index is 669. The van der Waals surface area contributed by atoms with Gasteiger partial charge in [-0.05, 0) is 51.6 Å². The van der Waals surface area contributed by atoms with Crippen molar-refractivity contribution in [2.45, 2.75) is 56.5 Å². The van der Waals surface area contributed by atoms with Gasteiger partial charge < -0.3 is 22.1 Å². The van der Waals surface area contributed by atoms with E-state index in [4.69, 9.17) is 11.5 Å². The molecule has 1 aromatic rings. The molecule has 0 bridgehead atoms. The van der Waals surface area contributed by atoms with Gasteiger partial charge in [-0.25, -0.2) is 0 Å². The van der Waals surface area contributed by atoms with Gasteiger partial charge in [-0.15, -0.1) is 0 Å². The van der Waals surface area contributed by atoms with E-state index in [0.717, 1.165) is 18.4 Å². The standard InChI is InChI=1S/C19H28N4O3/c1-18(2,16(21)25)23-15(24)14(9-6-12-20)22-17(26)19(10-11-19)13-7-4-3-5-8-13/h3-5,7-8,14H,6,9-12,20H2,1-2H3,(H2,21,25)(H,22,26)(H,23,24)/t14-/m1/s1. The van der Waals surface area contributed by atoms with Crippen LogP contribution in [-0.4, -0.2) is 35.8 Å². The van der Waals surface area contributed by atoms with Gasteiger partial charge in [-0.2, -0.15) is 0 Å². The summed E-state index contributed by atoms with van der Waals surface area (Å²) in [5.74, 6) is -1.24. The Kier molecular flexibility index (Phi) is 6.02. The Morgan fingerprint density at radius 1 is 1.19 bits per heavy atom. The largest absolute Gasteiger partial charge is 0.368 e. The van der Waals surface area contributed by atoms with Crippen LogP contribution in [0.3, 0.4) is 0 Å². The highest BCUT2D eigenvalue weighted by atomic mass is 16.2. The lowest BCUT2D eigenvalue weighted by molar-refractivity contribution is -0.134. The van der Waals surface area contributed by atoms with Crippen LogP contribution < -0.4 is 22.1 Å². The van der Waals surface area contributed by atoms with Gasteiger partial charge in [-0.3, -0.25) is 14.4 Å². The van der Waals surface area contributed by atoms with E-state index in [0.29, 0.717) is 19.4 Å². The maximum Gasteiger partial charge on any atom is 0.243 e. The molecule has 7 heteroatoms. The minimum atomic E-state index is -1.19. The molecule has 1 fully saturated rings. The van der Waals surface area contributed by atoms with Gasteiger partial charge in [0, 0.05) is 0 Å². The zero-order valence-electron chi connectivity index (χ0n) is 15.4. The first-order chi connectivity index (χ1) is 12.2. The van der Waals surface area contributed by atoms with Crippen LogP contribution >= 0.6 is 0 Å². The fourth-order valence-corrected chi connectivity index (χ4v) is 2.87. The molecule has 7 nitrogen and oxygen atoms in total. The first-order valence-electron chi connectivity index (χ1n) is 8.91. The molecule has 0 radical (unpaired) electrons. The van der Waals surface area contributed by atoms with E-state index >= 15 is 0 Å². The number of nitrogens with two attached hydrogens (primary N) is 2. The second-order valence-corrected chi connectivity index (χ2v) is 7.38. The van der Waals surface area contributed by atoms with Crippen LogP contribution in [0.4, 0.5) is 0 Å². The highest BCUT2D eigenvalue weighted by Gasteiger charge is 2.51. The molecule has 2 rings (SSSR count). The Balaban J connectivity index is 2.11. The highest BCUT2D eigenvalue weighted by Crippen LogP contribution is 2.48. The third-order valence-electron chi connectivity index (χ3n) is 4.88. The summed E-state index contributed by atoms with van der Waals surface area (Å²) in [5.41, 5.74) is 10.1. The van der Waals surface area contributed by atoms with Crippen molar-refractivity contribution >= 4 is 17.7 Å². The maximum absolute atomic E-state index is 12.9. The minimum Gasteiger partial charge on any atom is -0.368 e. The molecule has 6 N–H and O–H groups in total.